The van der Waals surface area contributed by atoms with E-state index in [1.165, 1.54) is 0 Å². The number of anilines is 3. The van der Waals surface area contributed by atoms with Crippen LogP contribution >= 0.6 is 22.6 Å². The Morgan fingerprint density at radius 2 is 1.70 bits per heavy atom. The van der Waals surface area contributed by atoms with Gasteiger partial charge in [-0.2, -0.15) is 10.1 Å². The van der Waals surface area contributed by atoms with Gasteiger partial charge in [0.15, 0.2) is 11.6 Å². The molecule has 0 fully saturated rings. The molecule has 0 saturated carbocycles. The Hall–Kier alpha value is -4.48. The number of nitrogens with zero attached hydrogens (tertiary/aromatic N) is 7. The van der Waals surface area contributed by atoms with Gasteiger partial charge in [0.2, 0.25) is 17.0 Å². The van der Waals surface area contributed by atoms with E-state index in [0.29, 0.717) is 11.8 Å². The van der Waals surface area contributed by atoms with Crippen molar-refractivity contribution in [2.45, 2.75) is 0 Å². The minimum Gasteiger partial charge on any atom is -0.502 e. The quantitative estimate of drug-likeness (QED) is 0.128. The first-order valence-corrected chi connectivity index (χ1v) is 9.87. The molecule has 0 bridgehead atoms. The fraction of sp³-hybridized carbons (Fsp3) is 0. The van der Waals surface area contributed by atoms with E-state index in [4.69, 9.17) is 0 Å². The highest BCUT2D eigenvalue weighted by Gasteiger charge is 2.23. The number of fused-ring (bicyclic) bond motifs is 1. The van der Waals surface area contributed by atoms with E-state index in [1.54, 1.807) is 0 Å². The van der Waals surface area contributed by atoms with Crippen LogP contribution in [0.3, 0.4) is 0 Å². The molecule has 2 aromatic carbocycles. The zero-order valence-corrected chi connectivity index (χ0v) is 18.2. The average molecular weight is 563 g/mol. The maximum absolute atomic E-state index is 11.1. The van der Waals surface area contributed by atoms with E-state index in [0.717, 1.165) is 15.9 Å². The number of hydrogen-bond donors (Lipinski definition) is 3. The minimum absolute atomic E-state index is 0.0763. The van der Waals surface area contributed by atoms with Crippen LogP contribution in [0, 0.1) is 23.8 Å². The maximum atomic E-state index is 11.1. The van der Waals surface area contributed by atoms with Crippen LogP contribution in [0.25, 0.3) is 11.3 Å². The third-order valence-electron chi connectivity index (χ3n) is 4.11. The van der Waals surface area contributed by atoms with Crippen LogP contribution in [0.5, 0.6) is 5.75 Å². The van der Waals surface area contributed by atoms with Crippen molar-refractivity contribution in [3.63, 3.8) is 0 Å². The second kappa shape index (κ2) is 8.94. The molecule has 0 aliphatic carbocycles. The molecule has 0 atom stereocenters. The van der Waals surface area contributed by atoms with Crippen LogP contribution in [-0.2, 0) is 0 Å². The van der Waals surface area contributed by atoms with E-state index in [1.807, 2.05) is 24.3 Å². The summed E-state index contributed by atoms with van der Waals surface area (Å²) in [7, 11) is 0. The van der Waals surface area contributed by atoms with Gasteiger partial charge < -0.3 is 10.4 Å². The van der Waals surface area contributed by atoms with Crippen LogP contribution in [0.1, 0.15) is 5.56 Å². The first-order chi connectivity index (χ1) is 15.8. The number of phenols is 1. The van der Waals surface area contributed by atoms with E-state index in [9.17, 15) is 25.3 Å². The van der Waals surface area contributed by atoms with Crippen LogP contribution < -0.4 is 10.7 Å². The Morgan fingerprint density at radius 3 is 2.33 bits per heavy atom. The van der Waals surface area contributed by atoms with Crippen molar-refractivity contribution < 1.29 is 19.6 Å². The number of nitro groups is 2. The third kappa shape index (κ3) is 4.74. The van der Waals surface area contributed by atoms with Gasteiger partial charge in [0.05, 0.1) is 27.7 Å². The lowest BCUT2D eigenvalue weighted by atomic mass is 10.1. The number of aromatic nitrogens is 4. The summed E-state index contributed by atoms with van der Waals surface area (Å²) in [5, 5.41) is 46.4. The van der Waals surface area contributed by atoms with Crippen molar-refractivity contribution in [1.29, 1.82) is 0 Å². The molecule has 0 unspecified atom stereocenters. The Bertz CT molecular complexity index is 1410. The molecule has 0 spiro atoms. The lowest BCUT2D eigenvalue weighted by Crippen LogP contribution is -2.03. The zero-order chi connectivity index (χ0) is 23.5. The number of aromatic hydroxyl groups is 1. The van der Waals surface area contributed by atoms with Crippen molar-refractivity contribution in [3.05, 3.63) is 65.8 Å². The molecular weight excluding hydrogens is 553 g/mol. The summed E-state index contributed by atoms with van der Waals surface area (Å²) in [6, 6.07) is 8.95. The van der Waals surface area contributed by atoms with Crippen molar-refractivity contribution in [2.24, 2.45) is 5.10 Å². The summed E-state index contributed by atoms with van der Waals surface area (Å²) in [5.41, 5.74) is 1.78. The molecule has 2 aromatic heterocycles. The number of rotatable bonds is 7. The molecular formula is C17H10IN9O6. The molecule has 16 heteroatoms. The van der Waals surface area contributed by atoms with E-state index < -0.39 is 27.0 Å². The molecule has 4 aromatic rings. The normalized spacial score (nSPS) is 11.1. The Labute approximate surface area is 195 Å². The van der Waals surface area contributed by atoms with Crippen molar-refractivity contribution in [3.8, 4) is 5.75 Å². The molecule has 2 heterocycles. The third-order valence-corrected chi connectivity index (χ3v) is 4.83. The lowest BCUT2D eigenvalue weighted by Gasteiger charge is -2.09. The Kier molecular flexibility index (Phi) is 5.89. The molecule has 0 radical (unpaired) electrons. The highest BCUT2D eigenvalue weighted by molar-refractivity contribution is 14.1. The number of non-ortho nitro benzene ring substituents is 1. The number of nitrogens with one attached hydrogen (secondary N) is 2. The van der Waals surface area contributed by atoms with Crippen LogP contribution in [0.4, 0.5) is 28.7 Å². The fourth-order valence-electron chi connectivity index (χ4n) is 2.60. The first-order valence-electron chi connectivity index (χ1n) is 8.79. The van der Waals surface area contributed by atoms with Crippen molar-refractivity contribution in [2.75, 3.05) is 10.7 Å². The zero-order valence-electron chi connectivity index (χ0n) is 16.0. The first kappa shape index (κ1) is 21.7. The topological polar surface area (TPSA) is 208 Å². The van der Waals surface area contributed by atoms with Gasteiger partial charge >= 0.3 is 5.69 Å². The number of halogens is 1. The second-order valence-electron chi connectivity index (χ2n) is 6.25. The van der Waals surface area contributed by atoms with E-state index >= 15 is 0 Å². The van der Waals surface area contributed by atoms with Gasteiger partial charge in [0.25, 0.3) is 5.69 Å². The van der Waals surface area contributed by atoms with Crippen LogP contribution in [0.2, 0.25) is 0 Å². The monoisotopic (exact) mass is 563 g/mol. The van der Waals surface area contributed by atoms with Crippen molar-refractivity contribution >= 4 is 68.8 Å². The fourth-order valence-corrected chi connectivity index (χ4v) is 2.96. The number of nitro benzene ring substituents is 2. The SMILES string of the molecule is O=[N+]([O-])c1cc(C=NNc2nc3nonc3nc2Nc2ccc(I)cc2)c(O)c([N+](=O)[O-])c1. The van der Waals surface area contributed by atoms with Gasteiger partial charge in [-0.1, -0.05) is 0 Å². The van der Waals surface area contributed by atoms with Gasteiger partial charge in [-0.25, -0.2) is 9.61 Å². The molecule has 33 heavy (non-hydrogen) atoms. The van der Waals surface area contributed by atoms with Gasteiger partial charge in [-0.15, -0.1) is 0 Å². The average Bonchev–Trinajstić information content (AvgIpc) is 3.23. The summed E-state index contributed by atoms with van der Waals surface area (Å²) in [6.45, 7) is 0. The summed E-state index contributed by atoms with van der Waals surface area (Å²) < 4.78 is 5.64. The van der Waals surface area contributed by atoms with E-state index in [2.05, 4.69) is 63.3 Å². The summed E-state index contributed by atoms with van der Waals surface area (Å²) >= 11 is 2.16. The molecule has 0 saturated heterocycles. The Morgan fingerprint density at radius 1 is 1.03 bits per heavy atom. The minimum atomic E-state index is -0.937. The predicted octanol–water partition coefficient (Wildman–Crippen LogP) is 3.33. The van der Waals surface area contributed by atoms with Crippen molar-refractivity contribution in [1.82, 2.24) is 20.3 Å². The summed E-state index contributed by atoms with van der Waals surface area (Å²) in [5.74, 6) is -0.506. The van der Waals surface area contributed by atoms with Gasteiger partial charge in [0, 0.05) is 15.3 Å². The number of benzene rings is 2. The molecule has 0 amide bonds. The number of hydrogen-bond acceptors (Lipinski definition) is 13. The maximum Gasteiger partial charge on any atom is 0.318 e. The van der Waals surface area contributed by atoms with Crippen LogP contribution in [-0.4, -0.2) is 41.4 Å². The predicted molar refractivity (Wildman–Crippen MR) is 122 cm³/mol. The van der Waals surface area contributed by atoms with E-state index in [-0.39, 0.29) is 28.5 Å². The lowest BCUT2D eigenvalue weighted by molar-refractivity contribution is -0.394. The standard InChI is InChI=1S/C17H10IN9O6/c18-9-1-3-10(4-2-9)20-14-15(22-17-16(21-14)24-33-25-17)23-19-7-8-5-11(26(29)30)6-12(13(8)28)27(31)32/h1-7,28H,(H,20,21,24)(H,22,23,25). The molecule has 0 aliphatic rings. The number of hydrazone groups is 1. The molecule has 4 rings (SSSR count). The van der Waals surface area contributed by atoms with Gasteiger partial charge in [-0.3, -0.25) is 25.7 Å². The largest absolute Gasteiger partial charge is 0.502 e. The molecule has 166 valence electrons. The van der Waals surface area contributed by atoms with Crippen LogP contribution in [0.15, 0.2) is 46.1 Å². The van der Waals surface area contributed by atoms with Gasteiger partial charge in [-0.05, 0) is 57.2 Å². The highest BCUT2D eigenvalue weighted by atomic mass is 127. The molecule has 15 nitrogen and oxygen atoms in total. The molecule has 3 N–H and O–H groups in total. The smallest absolute Gasteiger partial charge is 0.318 e. The Balaban J connectivity index is 1.67. The summed E-state index contributed by atoms with van der Waals surface area (Å²) in [4.78, 5) is 28.9. The van der Waals surface area contributed by atoms with Gasteiger partial charge in [0.1, 0.15) is 0 Å². The molecule has 0 aliphatic heterocycles. The highest BCUT2D eigenvalue weighted by Crippen LogP contribution is 2.33. The summed E-state index contributed by atoms with van der Waals surface area (Å²) in [6.07, 6.45) is 0.969. The second-order valence-corrected chi connectivity index (χ2v) is 7.50. The number of phenolic OH excluding ortho intramolecular Hbond substituents is 1.